The van der Waals surface area contributed by atoms with E-state index >= 15 is 0 Å². The van der Waals surface area contributed by atoms with Gasteiger partial charge in [0.25, 0.3) is 0 Å². The molecule has 1 fully saturated rings. The van der Waals surface area contributed by atoms with Crippen LogP contribution in [-0.4, -0.2) is 61.6 Å². The van der Waals surface area contributed by atoms with Crippen molar-refractivity contribution >= 4 is 11.6 Å². The zero-order chi connectivity index (χ0) is 24.6. The fourth-order valence-electron chi connectivity index (χ4n) is 3.94. The van der Waals surface area contributed by atoms with Crippen molar-refractivity contribution in [3.05, 3.63) is 53.6 Å². The zero-order valence-electron chi connectivity index (χ0n) is 19.7. The molecule has 0 spiro atoms. The molecule has 1 N–H and O–H groups in total. The smallest absolute Gasteiger partial charge is 0.416 e. The van der Waals surface area contributed by atoms with Gasteiger partial charge >= 0.3 is 6.18 Å². The van der Waals surface area contributed by atoms with E-state index in [9.17, 15) is 18.0 Å². The van der Waals surface area contributed by atoms with Crippen LogP contribution in [0.4, 0.5) is 18.9 Å². The maximum atomic E-state index is 12.8. The second kappa shape index (κ2) is 12.1. The van der Waals surface area contributed by atoms with Gasteiger partial charge in [-0.3, -0.25) is 14.6 Å². The predicted molar refractivity (Wildman–Crippen MR) is 125 cm³/mol. The summed E-state index contributed by atoms with van der Waals surface area (Å²) in [5.74, 6) is 1.12. The van der Waals surface area contributed by atoms with E-state index in [-0.39, 0.29) is 12.5 Å². The molecule has 1 aliphatic heterocycles. The van der Waals surface area contributed by atoms with E-state index in [0.29, 0.717) is 43.5 Å². The van der Waals surface area contributed by atoms with Crippen LogP contribution in [0.5, 0.6) is 11.5 Å². The largest absolute Gasteiger partial charge is 0.494 e. The summed E-state index contributed by atoms with van der Waals surface area (Å²) in [7, 11) is 0. The van der Waals surface area contributed by atoms with Gasteiger partial charge in [0.2, 0.25) is 5.91 Å². The van der Waals surface area contributed by atoms with E-state index in [1.165, 1.54) is 12.1 Å². The lowest BCUT2D eigenvalue weighted by molar-refractivity contribution is -0.137. The Balaban J connectivity index is 1.53. The number of anilines is 1. The van der Waals surface area contributed by atoms with Crippen LogP contribution < -0.4 is 14.8 Å². The third kappa shape index (κ3) is 7.63. The average Bonchev–Trinajstić information content (AvgIpc) is 3.00. The van der Waals surface area contributed by atoms with Gasteiger partial charge in [-0.05, 0) is 63.2 Å². The Hall–Kier alpha value is -2.78. The first-order valence-corrected chi connectivity index (χ1v) is 11.6. The zero-order valence-corrected chi connectivity index (χ0v) is 19.7. The first-order valence-electron chi connectivity index (χ1n) is 11.6. The van der Waals surface area contributed by atoms with Gasteiger partial charge in [0.1, 0.15) is 11.5 Å². The number of halogens is 3. The van der Waals surface area contributed by atoms with Crippen LogP contribution in [0, 0.1) is 0 Å². The first-order chi connectivity index (χ1) is 16.3. The molecule has 0 bridgehead atoms. The number of rotatable bonds is 9. The highest BCUT2D eigenvalue weighted by molar-refractivity contribution is 5.94. The van der Waals surface area contributed by atoms with Gasteiger partial charge in [-0.2, -0.15) is 13.2 Å². The molecule has 1 aliphatic rings. The van der Waals surface area contributed by atoms with E-state index < -0.39 is 11.7 Å². The van der Waals surface area contributed by atoms with E-state index in [2.05, 4.69) is 15.1 Å². The van der Waals surface area contributed by atoms with Gasteiger partial charge in [0, 0.05) is 25.7 Å². The Bertz CT molecular complexity index is 935. The molecule has 1 amide bonds. The second-order valence-electron chi connectivity index (χ2n) is 8.17. The molecule has 0 atom stereocenters. The molecule has 186 valence electrons. The van der Waals surface area contributed by atoms with Gasteiger partial charge in [-0.1, -0.05) is 12.1 Å². The predicted octanol–water partition coefficient (Wildman–Crippen LogP) is 4.65. The van der Waals surface area contributed by atoms with Crippen molar-refractivity contribution in [2.75, 3.05) is 51.3 Å². The molecule has 0 aliphatic carbocycles. The number of ether oxygens (including phenoxy) is 2. The number of nitrogens with zero attached hydrogens (tertiary/aromatic N) is 2. The van der Waals surface area contributed by atoms with Crippen LogP contribution in [0.3, 0.4) is 0 Å². The van der Waals surface area contributed by atoms with Gasteiger partial charge in [-0.25, -0.2) is 0 Å². The molecule has 2 aromatic rings. The third-order valence-electron chi connectivity index (χ3n) is 5.57. The van der Waals surface area contributed by atoms with Crippen molar-refractivity contribution in [1.29, 1.82) is 0 Å². The summed E-state index contributed by atoms with van der Waals surface area (Å²) >= 11 is 0. The highest BCUT2D eigenvalue weighted by Crippen LogP contribution is 2.30. The summed E-state index contributed by atoms with van der Waals surface area (Å²) in [5, 5.41) is 2.94. The fourth-order valence-corrected chi connectivity index (χ4v) is 3.94. The normalized spacial score (nSPS) is 15.6. The number of amides is 1. The van der Waals surface area contributed by atoms with Gasteiger partial charge in [0.05, 0.1) is 31.0 Å². The highest BCUT2D eigenvalue weighted by atomic mass is 19.4. The van der Waals surface area contributed by atoms with Crippen molar-refractivity contribution in [2.24, 2.45) is 0 Å². The maximum absolute atomic E-state index is 12.8. The Kier molecular flexibility index (Phi) is 9.18. The average molecular weight is 480 g/mol. The van der Waals surface area contributed by atoms with Crippen LogP contribution in [0.15, 0.2) is 42.5 Å². The lowest BCUT2D eigenvalue weighted by Crippen LogP contribution is -2.36. The molecule has 6 nitrogen and oxygen atoms in total. The molecule has 34 heavy (non-hydrogen) atoms. The summed E-state index contributed by atoms with van der Waals surface area (Å²) in [6, 6.07) is 10.7. The number of carbonyl (C=O) groups is 1. The molecule has 2 aromatic carbocycles. The summed E-state index contributed by atoms with van der Waals surface area (Å²) < 4.78 is 49.5. The monoisotopic (exact) mass is 479 g/mol. The molecule has 1 saturated heterocycles. The maximum Gasteiger partial charge on any atom is 0.416 e. The number of carbonyl (C=O) groups excluding carboxylic acids is 1. The number of hydrogen-bond acceptors (Lipinski definition) is 5. The SMILES string of the molecule is CCOc1ccc(OCC)c(NC(=O)CN2CCCN(Cc3ccc(C(F)(F)F)cc3)CC2)c1. The van der Waals surface area contributed by atoms with E-state index in [4.69, 9.17) is 9.47 Å². The summed E-state index contributed by atoms with van der Waals surface area (Å²) in [4.78, 5) is 17.0. The van der Waals surface area contributed by atoms with Crippen LogP contribution >= 0.6 is 0 Å². The summed E-state index contributed by atoms with van der Waals surface area (Å²) in [6.07, 6.45) is -3.45. The molecule has 0 unspecified atom stereocenters. The molecular weight excluding hydrogens is 447 g/mol. The van der Waals surface area contributed by atoms with Crippen molar-refractivity contribution in [3.63, 3.8) is 0 Å². The van der Waals surface area contributed by atoms with E-state index in [0.717, 1.165) is 43.8 Å². The van der Waals surface area contributed by atoms with Crippen LogP contribution in [0.2, 0.25) is 0 Å². The number of hydrogen-bond donors (Lipinski definition) is 1. The van der Waals surface area contributed by atoms with Gasteiger partial charge in [-0.15, -0.1) is 0 Å². The first kappa shape index (κ1) is 25.8. The highest BCUT2D eigenvalue weighted by Gasteiger charge is 2.30. The van der Waals surface area contributed by atoms with Gasteiger partial charge in [0.15, 0.2) is 0 Å². The molecule has 0 radical (unpaired) electrons. The third-order valence-corrected chi connectivity index (χ3v) is 5.57. The minimum absolute atomic E-state index is 0.134. The molecular formula is C25H32F3N3O3. The van der Waals surface area contributed by atoms with Gasteiger partial charge < -0.3 is 14.8 Å². The minimum atomic E-state index is -4.32. The Morgan fingerprint density at radius 2 is 1.62 bits per heavy atom. The fraction of sp³-hybridized carbons (Fsp3) is 0.480. The number of benzene rings is 2. The second-order valence-corrected chi connectivity index (χ2v) is 8.17. The standard InChI is InChI=1S/C25H32F3N3O3/c1-3-33-21-10-11-23(34-4-2)22(16-21)29-24(32)18-31-13-5-12-30(14-15-31)17-19-6-8-20(9-7-19)25(26,27)28/h6-11,16H,3-5,12-15,17-18H2,1-2H3,(H,29,32). The lowest BCUT2D eigenvalue weighted by Gasteiger charge is -2.22. The molecule has 9 heteroatoms. The quantitative estimate of drug-likeness (QED) is 0.568. The Labute approximate surface area is 198 Å². The Morgan fingerprint density at radius 1 is 0.941 bits per heavy atom. The van der Waals surface area contributed by atoms with E-state index in [1.807, 2.05) is 19.9 Å². The number of nitrogens with one attached hydrogen (secondary N) is 1. The summed E-state index contributed by atoms with van der Waals surface area (Å²) in [6.45, 7) is 8.65. The van der Waals surface area contributed by atoms with E-state index in [1.54, 1.807) is 12.1 Å². The Morgan fingerprint density at radius 3 is 2.29 bits per heavy atom. The number of alkyl halides is 3. The van der Waals surface area contributed by atoms with Crippen LogP contribution in [0.1, 0.15) is 31.4 Å². The minimum Gasteiger partial charge on any atom is -0.494 e. The molecule has 1 heterocycles. The van der Waals surface area contributed by atoms with Crippen LogP contribution in [-0.2, 0) is 17.5 Å². The molecule has 0 aromatic heterocycles. The van der Waals surface area contributed by atoms with Crippen molar-refractivity contribution < 1.29 is 27.4 Å². The topological polar surface area (TPSA) is 54.0 Å². The molecule has 3 rings (SSSR count). The summed E-state index contributed by atoms with van der Waals surface area (Å²) in [5.41, 5.74) is 0.789. The molecule has 0 saturated carbocycles. The lowest BCUT2D eigenvalue weighted by atomic mass is 10.1. The van der Waals surface area contributed by atoms with Crippen LogP contribution in [0.25, 0.3) is 0 Å². The van der Waals surface area contributed by atoms with Crippen molar-refractivity contribution in [1.82, 2.24) is 9.80 Å². The van der Waals surface area contributed by atoms with Crippen molar-refractivity contribution in [2.45, 2.75) is 33.0 Å². The van der Waals surface area contributed by atoms with Crippen molar-refractivity contribution in [3.8, 4) is 11.5 Å².